The van der Waals surface area contributed by atoms with E-state index in [1.54, 1.807) is 0 Å². The Bertz CT molecular complexity index is 181. The molecule has 1 N–H and O–H groups in total. The largest absolute Gasteiger partial charge is 0.309 e. The lowest BCUT2D eigenvalue weighted by molar-refractivity contribution is 0.0990. The van der Waals surface area contributed by atoms with Crippen LogP contribution in [0.4, 0.5) is 0 Å². The van der Waals surface area contributed by atoms with E-state index in [2.05, 4.69) is 42.7 Å². The Balaban J connectivity index is 2.56. The van der Waals surface area contributed by atoms with Crippen LogP contribution in [0.2, 0.25) is 0 Å². The molecule has 2 atom stereocenters. The molecule has 0 radical (unpaired) electrons. The quantitative estimate of drug-likeness (QED) is 0.658. The molecule has 1 rings (SSSR count). The number of rotatable bonds is 4. The molecule has 0 bridgehead atoms. The lowest BCUT2D eigenvalue weighted by Gasteiger charge is -2.41. The van der Waals surface area contributed by atoms with Crippen LogP contribution in [0.1, 0.15) is 6.92 Å². The minimum atomic E-state index is 0.410. The summed E-state index contributed by atoms with van der Waals surface area (Å²) < 4.78 is 0. The monoisotopic (exact) mass is 197 g/mol. The summed E-state index contributed by atoms with van der Waals surface area (Å²) in [4.78, 5) is 4.81. The number of nitrogens with one attached hydrogen (secondary N) is 1. The van der Waals surface area contributed by atoms with Gasteiger partial charge in [0.05, 0.1) is 0 Å². The van der Waals surface area contributed by atoms with E-state index >= 15 is 0 Å². The van der Waals surface area contributed by atoms with Crippen LogP contribution >= 0.6 is 0 Å². The Hall–Kier alpha value is -0.380. The fourth-order valence-electron chi connectivity index (χ4n) is 2.04. The first-order valence-electron chi connectivity index (χ1n) is 5.43. The van der Waals surface area contributed by atoms with Crippen LogP contribution < -0.4 is 5.32 Å². The second-order valence-corrected chi connectivity index (χ2v) is 4.13. The van der Waals surface area contributed by atoms with Gasteiger partial charge in [0.25, 0.3) is 0 Å². The maximum absolute atomic E-state index is 3.91. The third-order valence-corrected chi connectivity index (χ3v) is 3.01. The van der Waals surface area contributed by atoms with Crippen molar-refractivity contribution in [3.05, 3.63) is 12.7 Å². The number of likely N-dealkylation sites (N-methyl/N-ethyl adjacent to an activating group) is 3. The van der Waals surface area contributed by atoms with E-state index in [1.165, 1.54) is 6.54 Å². The molecule has 1 aliphatic rings. The molecule has 3 nitrogen and oxygen atoms in total. The molecule has 0 aromatic carbocycles. The Labute approximate surface area is 87.8 Å². The van der Waals surface area contributed by atoms with Crippen molar-refractivity contribution in [2.75, 3.05) is 40.3 Å². The lowest BCUT2D eigenvalue weighted by atomic mass is 10.0. The summed E-state index contributed by atoms with van der Waals surface area (Å²) in [6.07, 6.45) is 2.03. The second-order valence-electron chi connectivity index (χ2n) is 4.13. The molecular weight excluding hydrogens is 174 g/mol. The minimum Gasteiger partial charge on any atom is -0.309 e. The molecule has 14 heavy (non-hydrogen) atoms. The van der Waals surface area contributed by atoms with E-state index in [9.17, 15) is 0 Å². The molecule has 82 valence electrons. The van der Waals surface area contributed by atoms with E-state index in [1.807, 2.05) is 6.08 Å². The number of hydrogen-bond acceptors (Lipinski definition) is 3. The third kappa shape index (κ3) is 2.80. The smallest absolute Gasteiger partial charge is 0.0417 e. The van der Waals surface area contributed by atoms with Gasteiger partial charge in [-0.3, -0.25) is 4.90 Å². The molecule has 1 heterocycles. The van der Waals surface area contributed by atoms with Crippen molar-refractivity contribution in [1.29, 1.82) is 0 Å². The molecule has 1 saturated heterocycles. The molecular formula is C11H23N3. The van der Waals surface area contributed by atoms with Gasteiger partial charge in [-0.2, -0.15) is 0 Å². The van der Waals surface area contributed by atoms with Crippen molar-refractivity contribution in [2.24, 2.45) is 0 Å². The van der Waals surface area contributed by atoms with Gasteiger partial charge in [0.15, 0.2) is 0 Å². The van der Waals surface area contributed by atoms with Gasteiger partial charge in [0.1, 0.15) is 0 Å². The fraction of sp³-hybridized carbons (Fsp3) is 0.818. The summed E-state index contributed by atoms with van der Waals surface area (Å²) in [7, 11) is 4.39. The molecule has 0 saturated carbocycles. The first kappa shape index (κ1) is 11.7. The fourth-order valence-corrected chi connectivity index (χ4v) is 2.04. The van der Waals surface area contributed by atoms with Crippen LogP contribution in [0.3, 0.4) is 0 Å². The number of hydrogen-bond donors (Lipinski definition) is 1. The zero-order chi connectivity index (χ0) is 10.6. The second kappa shape index (κ2) is 5.49. The summed E-state index contributed by atoms with van der Waals surface area (Å²) in [6.45, 7) is 10.5. The highest BCUT2D eigenvalue weighted by atomic mass is 15.3. The number of nitrogens with zero attached hydrogens (tertiary/aromatic N) is 2. The van der Waals surface area contributed by atoms with E-state index in [0.717, 1.165) is 19.6 Å². The summed E-state index contributed by atoms with van der Waals surface area (Å²) in [5.41, 5.74) is 0. The highest BCUT2D eigenvalue weighted by molar-refractivity contribution is 4.98. The zero-order valence-corrected chi connectivity index (χ0v) is 9.66. The van der Waals surface area contributed by atoms with Crippen molar-refractivity contribution >= 4 is 0 Å². The topological polar surface area (TPSA) is 18.5 Å². The zero-order valence-electron chi connectivity index (χ0n) is 9.66. The van der Waals surface area contributed by atoms with E-state index in [0.29, 0.717) is 12.1 Å². The van der Waals surface area contributed by atoms with Crippen LogP contribution in [-0.4, -0.2) is 62.2 Å². The van der Waals surface area contributed by atoms with Crippen LogP contribution in [0.15, 0.2) is 12.7 Å². The average Bonchev–Trinajstić information content (AvgIpc) is 2.18. The predicted octanol–water partition coefficient (Wildman–Crippen LogP) is 0.396. The van der Waals surface area contributed by atoms with Gasteiger partial charge in [0, 0.05) is 31.7 Å². The lowest BCUT2D eigenvalue weighted by Crippen LogP contribution is -2.58. The van der Waals surface area contributed by atoms with Crippen molar-refractivity contribution < 1.29 is 0 Å². The third-order valence-electron chi connectivity index (χ3n) is 3.01. The normalized spacial score (nSPS) is 27.5. The summed E-state index contributed by atoms with van der Waals surface area (Å²) in [5, 5.41) is 3.47. The van der Waals surface area contributed by atoms with Gasteiger partial charge in [-0.25, -0.2) is 0 Å². The summed E-state index contributed by atoms with van der Waals surface area (Å²) >= 11 is 0. The molecule has 0 amide bonds. The van der Waals surface area contributed by atoms with Crippen molar-refractivity contribution in [3.8, 4) is 0 Å². The van der Waals surface area contributed by atoms with Crippen molar-refractivity contribution in [2.45, 2.75) is 19.0 Å². The minimum absolute atomic E-state index is 0.410. The Kier molecular flexibility index (Phi) is 4.58. The molecule has 2 unspecified atom stereocenters. The first-order valence-corrected chi connectivity index (χ1v) is 5.43. The average molecular weight is 197 g/mol. The summed E-state index contributed by atoms with van der Waals surface area (Å²) in [6, 6.07) is 0.971. The molecule has 3 heteroatoms. The van der Waals surface area contributed by atoms with Crippen LogP contribution in [0.5, 0.6) is 0 Å². The standard InChI is InChI=1S/C11H23N3/c1-5-10(12-6-2)11-9-13(3)7-8-14(11)4/h5,10-12H,1,6-9H2,2-4H3. The molecule has 1 fully saturated rings. The van der Waals surface area contributed by atoms with Gasteiger partial charge >= 0.3 is 0 Å². The van der Waals surface area contributed by atoms with Gasteiger partial charge in [-0.15, -0.1) is 6.58 Å². The summed E-state index contributed by atoms with van der Waals surface area (Å²) in [5.74, 6) is 0. The van der Waals surface area contributed by atoms with Gasteiger partial charge in [-0.1, -0.05) is 13.0 Å². The highest BCUT2D eigenvalue weighted by Crippen LogP contribution is 2.10. The van der Waals surface area contributed by atoms with Gasteiger partial charge < -0.3 is 10.2 Å². The first-order chi connectivity index (χ1) is 6.69. The molecule has 0 aromatic rings. The molecule has 0 aromatic heterocycles. The Morgan fingerprint density at radius 2 is 2.21 bits per heavy atom. The SMILES string of the molecule is C=CC(NCC)C1CN(C)CCN1C. The van der Waals surface area contributed by atoms with Gasteiger partial charge in [0.2, 0.25) is 0 Å². The highest BCUT2D eigenvalue weighted by Gasteiger charge is 2.27. The van der Waals surface area contributed by atoms with Gasteiger partial charge in [-0.05, 0) is 20.6 Å². The molecule has 0 aliphatic carbocycles. The van der Waals surface area contributed by atoms with E-state index < -0.39 is 0 Å². The molecule has 1 aliphatic heterocycles. The van der Waals surface area contributed by atoms with Crippen molar-refractivity contribution in [3.63, 3.8) is 0 Å². The molecule has 0 spiro atoms. The number of piperazine rings is 1. The maximum Gasteiger partial charge on any atom is 0.0417 e. The van der Waals surface area contributed by atoms with E-state index in [4.69, 9.17) is 0 Å². The van der Waals surface area contributed by atoms with Crippen LogP contribution in [0, 0.1) is 0 Å². The maximum atomic E-state index is 3.91. The van der Waals surface area contributed by atoms with E-state index in [-0.39, 0.29) is 0 Å². The van der Waals surface area contributed by atoms with Crippen LogP contribution in [-0.2, 0) is 0 Å². The predicted molar refractivity (Wildman–Crippen MR) is 61.6 cm³/mol. The van der Waals surface area contributed by atoms with Crippen molar-refractivity contribution in [1.82, 2.24) is 15.1 Å². The Morgan fingerprint density at radius 1 is 1.50 bits per heavy atom. The Morgan fingerprint density at radius 3 is 2.79 bits per heavy atom. The van der Waals surface area contributed by atoms with Crippen LogP contribution in [0.25, 0.3) is 0 Å².